The highest BCUT2D eigenvalue weighted by atomic mass is 32.1. The maximum absolute atomic E-state index is 4.68. The number of thiazole rings is 1. The molecule has 0 amide bonds. The molecule has 0 aliphatic rings. The van der Waals surface area contributed by atoms with Gasteiger partial charge in [-0.2, -0.15) is 0 Å². The first-order valence-corrected chi connectivity index (χ1v) is 7.78. The Bertz CT molecular complexity index is 349. The smallest absolute Gasteiger partial charge is 0.185 e. The van der Waals surface area contributed by atoms with E-state index in [2.05, 4.69) is 49.9 Å². The number of nitrogens with one attached hydrogen (secondary N) is 1. The summed E-state index contributed by atoms with van der Waals surface area (Å²) in [5.41, 5.74) is 1.18. The normalized spacial score (nSPS) is 12.7. The van der Waals surface area contributed by atoms with Gasteiger partial charge in [0.15, 0.2) is 5.13 Å². The molecule has 0 bridgehead atoms. The van der Waals surface area contributed by atoms with Crippen molar-refractivity contribution in [3.05, 3.63) is 10.6 Å². The summed E-state index contributed by atoms with van der Waals surface area (Å²) >= 11 is 1.82. The van der Waals surface area contributed by atoms with Gasteiger partial charge in [0.25, 0.3) is 0 Å². The summed E-state index contributed by atoms with van der Waals surface area (Å²) in [6, 6.07) is 0. The van der Waals surface area contributed by atoms with Crippen molar-refractivity contribution < 1.29 is 0 Å². The Hall–Kier alpha value is -0.610. The van der Waals surface area contributed by atoms with Crippen molar-refractivity contribution in [2.24, 2.45) is 5.92 Å². The van der Waals surface area contributed by atoms with Crippen molar-refractivity contribution in [2.75, 3.05) is 25.0 Å². The first kappa shape index (κ1) is 15.4. The van der Waals surface area contributed by atoms with Crippen molar-refractivity contribution in [3.63, 3.8) is 0 Å². The predicted molar refractivity (Wildman–Crippen MR) is 81.6 cm³/mol. The van der Waals surface area contributed by atoms with Crippen LogP contribution >= 0.6 is 11.3 Å². The molecule has 0 spiro atoms. The van der Waals surface area contributed by atoms with Crippen LogP contribution in [0.2, 0.25) is 0 Å². The van der Waals surface area contributed by atoms with Crippen LogP contribution in [0.4, 0.5) is 5.13 Å². The van der Waals surface area contributed by atoms with Gasteiger partial charge in [0, 0.05) is 25.0 Å². The van der Waals surface area contributed by atoms with Gasteiger partial charge in [0.1, 0.15) is 0 Å². The molecule has 0 radical (unpaired) electrons. The summed E-state index contributed by atoms with van der Waals surface area (Å²) in [5, 5.41) is 4.60. The molecule has 0 aliphatic heterocycles. The average Bonchev–Trinajstić information content (AvgIpc) is 2.71. The fraction of sp³-hybridized carbons (Fsp3) is 0.786. The van der Waals surface area contributed by atoms with E-state index in [0.717, 1.165) is 30.7 Å². The highest BCUT2D eigenvalue weighted by Gasteiger charge is 2.12. The molecule has 104 valence electrons. The van der Waals surface area contributed by atoms with E-state index >= 15 is 0 Å². The van der Waals surface area contributed by atoms with E-state index in [1.807, 2.05) is 11.3 Å². The number of hydrogen-bond donors (Lipinski definition) is 1. The molecular weight excluding hydrogens is 242 g/mol. The van der Waals surface area contributed by atoms with Gasteiger partial charge in [-0.1, -0.05) is 27.2 Å². The molecule has 1 heterocycles. The lowest BCUT2D eigenvalue weighted by atomic mass is 10.1. The van der Waals surface area contributed by atoms with Crippen LogP contribution in [0.25, 0.3) is 0 Å². The summed E-state index contributed by atoms with van der Waals surface area (Å²) < 4.78 is 0. The minimum absolute atomic E-state index is 0.723. The third kappa shape index (κ3) is 4.58. The number of hydrogen-bond acceptors (Lipinski definition) is 4. The van der Waals surface area contributed by atoms with Gasteiger partial charge in [0.05, 0.1) is 5.69 Å². The first-order valence-electron chi connectivity index (χ1n) is 6.96. The molecule has 4 heteroatoms. The number of anilines is 1. The van der Waals surface area contributed by atoms with E-state index in [9.17, 15) is 0 Å². The molecule has 1 aromatic heterocycles. The molecule has 0 aromatic carbocycles. The number of aryl methyl sites for hydroxylation is 1. The van der Waals surface area contributed by atoms with E-state index in [-0.39, 0.29) is 0 Å². The van der Waals surface area contributed by atoms with Gasteiger partial charge in [-0.05, 0) is 25.8 Å². The number of nitrogens with zero attached hydrogens (tertiary/aromatic N) is 2. The molecule has 0 fully saturated rings. The van der Waals surface area contributed by atoms with Crippen LogP contribution in [-0.4, -0.2) is 25.1 Å². The van der Waals surface area contributed by atoms with E-state index in [1.54, 1.807) is 0 Å². The Kier molecular flexibility index (Phi) is 6.65. The van der Waals surface area contributed by atoms with Crippen molar-refractivity contribution in [1.82, 2.24) is 10.3 Å². The molecule has 1 N–H and O–H groups in total. The van der Waals surface area contributed by atoms with Crippen molar-refractivity contribution in [3.8, 4) is 0 Å². The topological polar surface area (TPSA) is 28.2 Å². The highest BCUT2D eigenvalue weighted by molar-refractivity contribution is 7.15. The van der Waals surface area contributed by atoms with Crippen LogP contribution in [0.5, 0.6) is 0 Å². The van der Waals surface area contributed by atoms with Crippen molar-refractivity contribution in [1.29, 1.82) is 0 Å². The summed E-state index contributed by atoms with van der Waals surface area (Å²) in [5.74, 6) is 0.723. The molecule has 0 aliphatic carbocycles. The minimum Gasteiger partial charge on any atom is -0.351 e. The molecule has 1 atom stereocenters. The zero-order valence-corrected chi connectivity index (χ0v) is 13.2. The second kappa shape index (κ2) is 7.74. The van der Waals surface area contributed by atoms with Gasteiger partial charge in [-0.3, -0.25) is 0 Å². The van der Waals surface area contributed by atoms with Crippen LogP contribution in [0.1, 0.15) is 44.2 Å². The summed E-state index contributed by atoms with van der Waals surface area (Å²) in [6.45, 7) is 12.0. The molecule has 3 nitrogen and oxygen atoms in total. The van der Waals surface area contributed by atoms with E-state index in [4.69, 9.17) is 0 Å². The first-order chi connectivity index (χ1) is 8.58. The van der Waals surface area contributed by atoms with Crippen molar-refractivity contribution in [2.45, 2.75) is 47.1 Å². The summed E-state index contributed by atoms with van der Waals surface area (Å²) in [7, 11) is 2.15. The van der Waals surface area contributed by atoms with Crippen LogP contribution < -0.4 is 10.2 Å². The Morgan fingerprint density at radius 1 is 1.39 bits per heavy atom. The van der Waals surface area contributed by atoms with Gasteiger partial charge in [0.2, 0.25) is 0 Å². The quantitative estimate of drug-likeness (QED) is 0.733. The zero-order chi connectivity index (χ0) is 13.5. The minimum atomic E-state index is 0.723. The Morgan fingerprint density at radius 2 is 2.11 bits per heavy atom. The third-order valence-electron chi connectivity index (χ3n) is 3.20. The van der Waals surface area contributed by atoms with E-state index in [0.29, 0.717) is 0 Å². The number of aromatic nitrogens is 1. The largest absolute Gasteiger partial charge is 0.351 e. The van der Waals surface area contributed by atoms with Crippen LogP contribution in [-0.2, 0) is 6.54 Å². The van der Waals surface area contributed by atoms with Gasteiger partial charge in [-0.25, -0.2) is 4.98 Å². The lowest BCUT2D eigenvalue weighted by molar-refractivity contribution is 0.559. The van der Waals surface area contributed by atoms with Crippen molar-refractivity contribution >= 4 is 16.5 Å². The van der Waals surface area contributed by atoms with Gasteiger partial charge < -0.3 is 10.2 Å². The fourth-order valence-corrected chi connectivity index (χ4v) is 2.79. The average molecular weight is 269 g/mol. The molecule has 1 unspecified atom stereocenters. The lowest BCUT2D eigenvalue weighted by Gasteiger charge is -2.19. The molecule has 18 heavy (non-hydrogen) atoms. The zero-order valence-electron chi connectivity index (χ0n) is 12.4. The maximum Gasteiger partial charge on any atom is 0.185 e. The summed E-state index contributed by atoms with van der Waals surface area (Å²) in [4.78, 5) is 8.34. The van der Waals surface area contributed by atoms with E-state index in [1.165, 1.54) is 23.4 Å². The standard InChI is InChI=1S/C14H27N3S/c1-6-8-15-9-13-12(4)16-14(18-13)17(5)10-11(3)7-2/h11,15H,6-10H2,1-5H3. The third-order valence-corrected chi connectivity index (χ3v) is 4.47. The molecule has 0 saturated carbocycles. The summed E-state index contributed by atoms with van der Waals surface area (Å²) in [6.07, 6.45) is 2.40. The molecule has 0 saturated heterocycles. The van der Waals surface area contributed by atoms with Crippen LogP contribution in [0, 0.1) is 12.8 Å². The van der Waals surface area contributed by atoms with E-state index < -0.39 is 0 Å². The van der Waals surface area contributed by atoms with Crippen LogP contribution in [0.15, 0.2) is 0 Å². The van der Waals surface area contributed by atoms with Gasteiger partial charge in [-0.15, -0.1) is 11.3 Å². The highest BCUT2D eigenvalue weighted by Crippen LogP contribution is 2.25. The maximum atomic E-state index is 4.68. The number of rotatable bonds is 8. The van der Waals surface area contributed by atoms with Crippen LogP contribution in [0.3, 0.4) is 0 Å². The SMILES string of the molecule is CCCNCc1sc(N(C)CC(C)CC)nc1C. The molecular formula is C14H27N3S. The monoisotopic (exact) mass is 269 g/mol. The lowest BCUT2D eigenvalue weighted by Crippen LogP contribution is -2.23. The predicted octanol–water partition coefficient (Wildman–Crippen LogP) is 3.43. The second-order valence-electron chi connectivity index (χ2n) is 5.08. The molecule has 1 rings (SSSR count). The Labute approximate surface area is 116 Å². The molecule has 1 aromatic rings. The Morgan fingerprint density at radius 3 is 2.72 bits per heavy atom. The fourth-order valence-electron chi connectivity index (χ4n) is 1.79. The second-order valence-corrected chi connectivity index (χ2v) is 6.14. The Balaban J connectivity index is 2.59. The van der Waals surface area contributed by atoms with Gasteiger partial charge >= 0.3 is 0 Å².